The van der Waals surface area contributed by atoms with Gasteiger partial charge in [-0.2, -0.15) is 5.26 Å². The second-order valence-electron chi connectivity index (χ2n) is 5.16. The van der Waals surface area contributed by atoms with Gasteiger partial charge in [0.2, 0.25) is 0 Å². The van der Waals surface area contributed by atoms with Gasteiger partial charge in [0.25, 0.3) is 5.91 Å². The second-order valence-corrected chi connectivity index (χ2v) is 5.16. The zero-order valence-corrected chi connectivity index (χ0v) is 13.0. The number of carbonyl (C=O) groups is 3. The van der Waals surface area contributed by atoms with Gasteiger partial charge < -0.3 is 15.5 Å². The molecule has 0 saturated heterocycles. The van der Waals surface area contributed by atoms with Crippen LogP contribution in [0.2, 0.25) is 0 Å². The molecule has 0 radical (unpaired) electrons. The van der Waals surface area contributed by atoms with Crippen LogP contribution in [0, 0.1) is 11.3 Å². The average Bonchev–Trinajstić information content (AvgIpc) is 2.62. The first-order valence-electron chi connectivity index (χ1n) is 7.25. The summed E-state index contributed by atoms with van der Waals surface area (Å²) in [7, 11) is 0. The van der Waals surface area contributed by atoms with Gasteiger partial charge in [-0.1, -0.05) is 18.2 Å². The fourth-order valence-electron chi connectivity index (χ4n) is 2.25. The van der Waals surface area contributed by atoms with E-state index in [2.05, 4.69) is 5.32 Å². The van der Waals surface area contributed by atoms with Crippen LogP contribution >= 0.6 is 0 Å². The van der Waals surface area contributed by atoms with E-state index in [9.17, 15) is 19.6 Å². The summed E-state index contributed by atoms with van der Waals surface area (Å²) in [5.74, 6) is -2.27. The lowest BCUT2D eigenvalue weighted by molar-refractivity contribution is -0.121. The summed E-state index contributed by atoms with van der Waals surface area (Å²) in [6.07, 6.45) is -0.0878. The van der Waals surface area contributed by atoms with Gasteiger partial charge >= 0.3 is 5.97 Å². The Morgan fingerprint density at radius 2 is 1.76 bits per heavy atom. The lowest BCUT2D eigenvalue weighted by Gasteiger charge is -2.09. The number of anilines is 1. The molecule has 0 unspecified atom stereocenters. The minimum absolute atomic E-state index is 0.00644. The molecule has 0 fully saturated rings. The van der Waals surface area contributed by atoms with Crippen molar-refractivity contribution in [2.75, 3.05) is 11.9 Å². The molecule has 7 heteroatoms. The molecular weight excluding hydrogens is 324 g/mol. The molecule has 0 saturated carbocycles. The third kappa shape index (κ3) is 4.28. The molecule has 2 aromatic carbocycles. The molecule has 3 N–H and O–H groups in total. The first-order valence-corrected chi connectivity index (χ1v) is 7.25. The molecule has 2 rings (SSSR count). The minimum atomic E-state index is -1.22. The number of carbonyl (C=O) groups excluding carboxylic acids is 2. The molecule has 0 bridgehead atoms. The summed E-state index contributed by atoms with van der Waals surface area (Å²) >= 11 is 0. The van der Waals surface area contributed by atoms with E-state index < -0.39 is 24.3 Å². The molecule has 0 aliphatic rings. The lowest BCUT2D eigenvalue weighted by atomic mass is 10.0. The van der Waals surface area contributed by atoms with Crippen LogP contribution in [0.25, 0.3) is 0 Å². The minimum Gasteiger partial charge on any atom is -0.478 e. The number of nitriles is 1. The average molecular weight is 338 g/mol. The van der Waals surface area contributed by atoms with Crippen LogP contribution in [-0.2, 0) is 11.2 Å². The summed E-state index contributed by atoms with van der Waals surface area (Å²) in [6, 6.07) is 12.1. The maximum absolute atomic E-state index is 12.3. The van der Waals surface area contributed by atoms with Crippen molar-refractivity contribution in [3.05, 3.63) is 64.7 Å². The smallest absolute Gasteiger partial charge is 0.336 e. The number of rotatable bonds is 6. The van der Waals surface area contributed by atoms with Crippen LogP contribution in [0.4, 0.5) is 5.69 Å². The topological polar surface area (TPSA) is 127 Å². The van der Waals surface area contributed by atoms with Crippen molar-refractivity contribution in [2.24, 2.45) is 0 Å². The number of carboxylic acid groups (broad SMARTS) is 1. The van der Waals surface area contributed by atoms with E-state index in [1.165, 1.54) is 36.4 Å². The molecule has 0 spiro atoms. The van der Waals surface area contributed by atoms with E-state index in [0.29, 0.717) is 11.3 Å². The number of ketones is 1. The van der Waals surface area contributed by atoms with Crippen LogP contribution in [-0.4, -0.2) is 34.5 Å². The molecule has 2 aromatic rings. The highest BCUT2D eigenvalue weighted by molar-refractivity contribution is 6.10. The van der Waals surface area contributed by atoms with Crippen molar-refractivity contribution in [1.82, 2.24) is 0 Å². The number of hydrogen-bond donors (Lipinski definition) is 3. The highest BCUT2D eigenvalue weighted by Crippen LogP contribution is 2.18. The predicted octanol–water partition coefficient (Wildman–Crippen LogP) is 1.61. The lowest BCUT2D eigenvalue weighted by Crippen LogP contribution is -2.16. The number of hydrogen-bond acceptors (Lipinski definition) is 5. The Hall–Kier alpha value is -3.50. The summed E-state index contributed by atoms with van der Waals surface area (Å²) in [5.41, 5.74) is 0.775. The van der Waals surface area contributed by atoms with Crippen molar-refractivity contribution in [2.45, 2.75) is 6.42 Å². The first-order chi connectivity index (χ1) is 12.0. The Labute approximate surface area is 143 Å². The molecular formula is C18H14N2O5. The highest BCUT2D eigenvalue weighted by Gasteiger charge is 2.16. The van der Waals surface area contributed by atoms with Gasteiger partial charge in [0, 0.05) is 12.1 Å². The fourth-order valence-corrected chi connectivity index (χ4v) is 2.25. The van der Waals surface area contributed by atoms with Crippen molar-refractivity contribution in [3.8, 4) is 6.07 Å². The third-order valence-corrected chi connectivity index (χ3v) is 3.45. The van der Waals surface area contributed by atoms with Gasteiger partial charge in [-0.25, -0.2) is 4.79 Å². The largest absolute Gasteiger partial charge is 0.478 e. The zero-order valence-electron chi connectivity index (χ0n) is 13.0. The SMILES string of the molecule is N#Cc1cc(NC(=O)c2ccccc2C(=O)O)ccc1CC(=O)CO. The van der Waals surface area contributed by atoms with Crippen molar-refractivity contribution in [1.29, 1.82) is 5.26 Å². The highest BCUT2D eigenvalue weighted by atomic mass is 16.4. The van der Waals surface area contributed by atoms with Gasteiger partial charge in [0.15, 0.2) is 5.78 Å². The number of carboxylic acids is 1. The van der Waals surface area contributed by atoms with Crippen LogP contribution in [0.1, 0.15) is 31.8 Å². The number of aliphatic hydroxyl groups is 1. The van der Waals surface area contributed by atoms with Crippen LogP contribution in [0.15, 0.2) is 42.5 Å². The Morgan fingerprint density at radius 1 is 1.08 bits per heavy atom. The molecule has 7 nitrogen and oxygen atoms in total. The second kappa shape index (κ2) is 7.86. The molecule has 0 aromatic heterocycles. The number of nitrogens with zero attached hydrogens (tertiary/aromatic N) is 1. The molecule has 0 aliphatic heterocycles. The number of Topliss-reactive ketones (excluding diaryl/α,β-unsaturated/α-hetero) is 1. The standard InChI is InChI=1S/C18H14N2O5/c19-9-12-7-13(6-5-11(12)8-14(22)10-21)20-17(23)15-3-1-2-4-16(15)18(24)25/h1-7,21H,8,10H2,(H,20,23)(H,24,25). The van der Waals surface area contributed by atoms with Crippen molar-refractivity contribution in [3.63, 3.8) is 0 Å². The maximum atomic E-state index is 12.3. The Kier molecular flexibility index (Phi) is 5.61. The molecule has 25 heavy (non-hydrogen) atoms. The maximum Gasteiger partial charge on any atom is 0.336 e. The van der Waals surface area contributed by atoms with E-state index >= 15 is 0 Å². The third-order valence-electron chi connectivity index (χ3n) is 3.45. The molecule has 0 atom stereocenters. The molecule has 0 aliphatic carbocycles. The van der Waals surface area contributed by atoms with Crippen LogP contribution in [0.3, 0.4) is 0 Å². The van der Waals surface area contributed by atoms with E-state index in [4.69, 9.17) is 10.2 Å². The Morgan fingerprint density at radius 3 is 2.36 bits per heavy atom. The van der Waals surface area contributed by atoms with Crippen molar-refractivity contribution >= 4 is 23.3 Å². The predicted molar refractivity (Wildman–Crippen MR) is 88.3 cm³/mol. The van der Waals surface area contributed by atoms with Crippen LogP contribution in [0.5, 0.6) is 0 Å². The quantitative estimate of drug-likeness (QED) is 0.734. The van der Waals surface area contributed by atoms with Gasteiger partial charge in [0.05, 0.1) is 22.8 Å². The number of aliphatic hydroxyl groups excluding tert-OH is 1. The number of nitrogens with one attached hydrogen (secondary N) is 1. The molecule has 0 heterocycles. The normalized spacial score (nSPS) is 9.92. The Balaban J connectivity index is 2.26. The fraction of sp³-hybridized carbons (Fsp3) is 0.111. The van der Waals surface area contributed by atoms with Crippen LogP contribution < -0.4 is 5.32 Å². The Bertz CT molecular complexity index is 883. The summed E-state index contributed by atoms with van der Waals surface area (Å²) < 4.78 is 0. The summed E-state index contributed by atoms with van der Waals surface area (Å²) in [6.45, 7) is -0.616. The van der Waals surface area contributed by atoms with E-state index in [1.54, 1.807) is 6.07 Å². The number of amides is 1. The molecule has 126 valence electrons. The summed E-state index contributed by atoms with van der Waals surface area (Å²) in [4.78, 5) is 34.8. The van der Waals surface area contributed by atoms with E-state index in [-0.39, 0.29) is 23.1 Å². The monoisotopic (exact) mass is 338 g/mol. The van der Waals surface area contributed by atoms with E-state index in [1.807, 2.05) is 6.07 Å². The van der Waals surface area contributed by atoms with E-state index in [0.717, 1.165) is 0 Å². The number of aromatic carboxylic acids is 1. The van der Waals surface area contributed by atoms with Gasteiger partial charge in [-0.05, 0) is 29.8 Å². The summed E-state index contributed by atoms with van der Waals surface area (Å²) in [5, 5.41) is 29.6. The van der Waals surface area contributed by atoms with Gasteiger partial charge in [0.1, 0.15) is 6.61 Å². The zero-order chi connectivity index (χ0) is 18.4. The molecule has 1 amide bonds. The van der Waals surface area contributed by atoms with Gasteiger partial charge in [-0.3, -0.25) is 9.59 Å². The van der Waals surface area contributed by atoms with Crippen molar-refractivity contribution < 1.29 is 24.6 Å². The number of benzene rings is 2. The van der Waals surface area contributed by atoms with Gasteiger partial charge in [-0.15, -0.1) is 0 Å². The first kappa shape index (κ1) is 17.8.